The highest BCUT2D eigenvalue weighted by atomic mass is 19.1. The van der Waals surface area contributed by atoms with Gasteiger partial charge in [-0.3, -0.25) is 9.59 Å². The highest BCUT2D eigenvalue weighted by molar-refractivity contribution is 5.80. The van der Waals surface area contributed by atoms with Gasteiger partial charge in [0.05, 0.1) is 5.69 Å². The minimum absolute atomic E-state index is 0.153. The smallest absolute Gasteiger partial charge is 0.271 e. The molecule has 1 unspecified atom stereocenters. The van der Waals surface area contributed by atoms with Crippen molar-refractivity contribution in [2.24, 2.45) is 5.92 Å². The molecule has 0 aliphatic heterocycles. The Morgan fingerprint density at radius 1 is 1.23 bits per heavy atom. The maximum Gasteiger partial charge on any atom is 0.271 e. The normalized spacial score (nSPS) is 12.0. The Labute approximate surface area is 152 Å². The third kappa shape index (κ3) is 5.40. The molecule has 1 N–H and O–H groups in total. The maximum absolute atomic E-state index is 13.1. The molecule has 26 heavy (non-hydrogen) atoms. The van der Waals surface area contributed by atoms with Gasteiger partial charge in [0.25, 0.3) is 11.5 Å². The molecule has 0 spiro atoms. The molecule has 2 aromatic rings. The van der Waals surface area contributed by atoms with E-state index in [0.717, 1.165) is 11.1 Å². The summed E-state index contributed by atoms with van der Waals surface area (Å²) in [6.45, 7) is 6.59. The van der Waals surface area contributed by atoms with Gasteiger partial charge < -0.3 is 10.1 Å². The van der Waals surface area contributed by atoms with Crippen molar-refractivity contribution in [3.63, 3.8) is 0 Å². The van der Waals surface area contributed by atoms with Crippen LogP contribution in [0.1, 0.15) is 33.6 Å². The molecule has 1 heterocycles. The number of aromatic nitrogens is 2. The van der Waals surface area contributed by atoms with Crippen LogP contribution in [0, 0.1) is 11.7 Å². The fourth-order valence-electron chi connectivity index (χ4n) is 2.29. The van der Waals surface area contributed by atoms with E-state index < -0.39 is 11.9 Å². The molecular weight excluding hydrogens is 337 g/mol. The van der Waals surface area contributed by atoms with Crippen LogP contribution in [0.25, 0.3) is 5.69 Å². The van der Waals surface area contributed by atoms with Crippen molar-refractivity contribution in [1.82, 2.24) is 15.1 Å². The summed E-state index contributed by atoms with van der Waals surface area (Å²) in [4.78, 5) is 24.3. The van der Waals surface area contributed by atoms with Gasteiger partial charge >= 0.3 is 0 Å². The molecule has 7 heteroatoms. The quantitative estimate of drug-likeness (QED) is 0.785. The van der Waals surface area contributed by atoms with Crippen LogP contribution in [0.4, 0.5) is 4.39 Å². The topological polar surface area (TPSA) is 73.2 Å². The van der Waals surface area contributed by atoms with E-state index in [1.165, 1.54) is 36.4 Å². The second-order valence-corrected chi connectivity index (χ2v) is 6.39. The van der Waals surface area contributed by atoms with E-state index >= 15 is 0 Å². The minimum atomic E-state index is -0.700. The predicted molar refractivity (Wildman–Crippen MR) is 97.0 cm³/mol. The zero-order valence-corrected chi connectivity index (χ0v) is 15.2. The van der Waals surface area contributed by atoms with E-state index in [1.807, 2.05) is 6.92 Å². The van der Waals surface area contributed by atoms with Crippen molar-refractivity contribution in [2.45, 2.75) is 39.7 Å². The van der Waals surface area contributed by atoms with Gasteiger partial charge in [-0.15, -0.1) is 5.10 Å². The van der Waals surface area contributed by atoms with Crippen LogP contribution in [-0.2, 0) is 4.79 Å². The Hall–Kier alpha value is -2.70. The van der Waals surface area contributed by atoms with Crippen molar-refractivity contribution in [1.29, 1.82) is 0 Å². The number of benzene rings is 1. The standard InChI is InChI=1S/C19H24FN3O3/c1-4-16(19(25)21-12-11-13(2)3)26-17-9-10-18(24)23(22-17)15-7-5-14(20)6-8-15/h5-10,13,16H,4,11-12H2,1-3H3,(H,21,25). The largest absolute Gasteiger partial charge is 0.463 e. The number of halogens is 1. The average molecular weight is 361 g/mol. The number of rotatable bonds is 8. The molecule has 140 valence electrons. The van der Waals surface area contributed by atoms with Gasteiger partial charge in [-0.25, -0.2) is 4.39 Å². The summed E-state index contributed by atoms with van der Waals surface area (Å²) in [5, 5.41) is 6.98. The molecule has 2 rings (SSSR count). The van der Waals surface area contributed by atoms with Crippen molar-refractivity contribution in [3.8, 4) is 11.6 Å². The number of hydrogen-bond acceptors (Lipinski definition) is 4. The number of amides is 1. The first-order valence-electron chi connectivity index (χ1n) is 8.71. The summed E-state index contributed by atoms with van der Waals surface area (Å²) in [5.74, 6) is 0.0322. The lowest BCUT2D eigenvalue weighted by molar-refractivity contribution is -0.128. The van der Waals surface area contributed by atoms with E-state index in [0.29, 0.717) is 24.6 Å². The van der Waals surface area contributed by atoms with Crippen LogP contribution in [-0.4, -0.2) is 28.3 Å². The van der Waals surface area contributed by atoms with Crippen molar-refractivity contribution in [2.75, 3.05) is 6.54 Å². The number of carbonyl (C=O) groups excluding carboxylic acids is 1. The van der Waals surface area contributed by atoms with Gasteiger partial charge in [0.1, 0.15) is 5.82 Å². The second kappa shape index (κ2) is 9.12. The van der Waals surface area contributed by atoms with Crippen LogP contribution in [0.2, 0.25) is 0 Å². The molecule has 1 aromatic carbocycles. The molecule has 1 aromatic heterocycles. The van der Waals surface area contributed by atoms with Crippen molar-refractivity contribution < 1.29 is 13.9 Å². The van der Waals surface area contributed by atoms with Crippen molar-refractivity contribution >= 4 is 5.91 Å². The Morgan fingerprint density at radius 3 is 2.54 bits per heavy atom. The first-order chi connectivity index (χ1) is 12.4. The van der Waals surface area contributed by atoms with Gasteiger partial charge in [0.15, 0.2) is 6.10 Å². The monoisotopic (exact) mass is 361 g/mol. The van der Waals surface area contributed by atoms with E-state index in [4.69, 9.17) is 4.74 Å². The van der Waals surface area contributed by atoms with E-state index in [9.17, 15) is 14.0 Å². The van der Waals surface area contributed by atoms with Gasteiger partial charge in [-0.2, -0.15) is 4.68 Å². The fraction of sp³-hybridized carbons (Fsp3) is 0.421. The molecule has 0 aliphatic carbocycles. The molecule has 6 nitrogen and oxygen atoms in total. The Balaban J connectivity index is 2.12. The van der Waals surface area contributed by atoms with E-state index in [-0.39, 0.29) is 17.3 Å². The zero-order valence-electron chi connectivity index (χ0n) is 15.2. The first kappa shape index (κ1) is 19.6. The number of hydrogen-bond donors (Lipinski definition) is 1. The van der Waals surface area contributed by atoms with Gasteiger partial charge in [-0.1, -0.05) is 20.8 Å². The lowest BCUT2D eigenvalue weighted by atomic mass is 10.1. The van der Waals surface area contributed by atoms with Crippen molar-refractivity contribution in [3.05, 3.63) is 52.6 Å². The SMILES string of the molecule is CCC(Oc1ccc(=O)n(-c2ccc(F)cc2)n1)C(=O)NCCC(C)C. The van der Waals surface area contributed by atoms with Crippen LogP contribution in [0.15, 0.2) is 41.2 Å². The van der Waals surface area contributed by atoms with Gasteiger partial charge in [0.2, 0.25) is 5.88 Å². The van der Waals surface area contributed by atoms with E-state index in [2.05, 4.69) is 24.3 Å². The lowest BCUT2D eigenvalue weighted by Gasteiger charge is -2.17. The third-order valence-electron chi connectivity index (χ3n) is 3.79. The number of nitrogens with one attached hydrogen (secondary N) is 1. The van der Waals surface area contributed by atoms with Gasteiger partial charge in [-0.05, 0) is 43.0 Å². The Bertz CT molecular complexity index is 787. The molecule has 0 bridgehead atoms. The number of nitrogens with zero attached hydrogens (tertiary/aromatic N) is 2. The highest BCUT2D eigenvalue weighted by Crippen LogP contribution is 2.11. The molecule has 1 atom stereocenters. The van der Waals surface area contributed by atoms with Crippen LogP contribution in [0.3, 0.4) is 0 Å². The minimum Gasteiger partial charge on any atom is -0.463 e. The second-order valence-electron chi connectivity index (χ2n) is 6.39. The molecule has 0 saturated carbocycles. The molecule has 1 amide bonds. The Morgan fingerprint density at radius 2 is 1.92 bits per heavy atom. The summed E-state index contributed by atoms with van der Waals surface area (Å²) in [5.41, 5.74) is 0.0367. The molecule has 0 fully saturated rings. The zero-order chi connectivity index (χ0) is 19.1. The summed E-state index contributed by atoms with van der Waals surface area (Å²) in [6, 6.07) is 8.11. The number of ether oxygens (including phenoxy) is 1. The average Bonchev–Trinajstić information content (AvgIpc) is 2.61. The van der Waals surface area contributed by atoms with Crippen LogP contribution < -0.4 is 15.6 Å². The van der Waals surface area contributed by atoms with Crippen LogP contribution in [0.5, 0.6) is 5.88 Å². The summed E-state index contributed by atoms with van der Waals surface area (Å²) in [7, 11) is 0. The third-order valence-corrected chi connectivity index (χ3v) is 3.79. The Kier molecular flexibility index (Phi) is 6.89. The maximum atomic E-state index is 13.1. The lowest BCUT2D eigenvalue weighted by Crippen LogP contribution is -2.39. The summed E-state index contributed by atoms with van der Waals surface area (Å²) in [6.07, 6.45) is 0.648. The van der Waals surface area contributed by atoms with Crippen LogP contribution >= 0.6 is 0 Å². The predicted octanol–water partition coefficient (Wildman–Crippen LogP) is 2.69. The molecule has 0 saturated heterocycles. The van der Waals surface area contributed by atoms with Gasteiger partial charge in [0, 0.05) is 18.7 Å². The molecule has 0 radical (unpaired) electrons. The molecule has 0 aliphatic rings. The molecular formula is C19H24FN3O3. The highest BCUT2D eigenvalue weighted by Gasteiger charge is 2.19. The number of carbonyl (C=O) groups is 1. The fourth-order valence-corrected chi connectivity index (χ4v) is 2.29. The summed E-state index contributed by atoms with van der Waals surface area (Å²) < 4.78 is 19.8. The summed E-state index contributed by atoms with van der Waals surface area (Å²) >= 11 is 0. The first-order valence-corrected chi connectivity index (χ1v) is 8.71. The van der Waals surface area contributed by atoms with E-state index in [1.54, 1.807) is 0 Å².